The number of thiophene rings is 3. The number of benzene rings is 9. The van der Waals surface area contributed by atoms with E-state index in [2.05, 4.69) is 173 Å². The maximum absolute atomic E-state index is 2.75. The number of para-hydroxylation sites is 1. The molecule has 0 bridgehead atoms. The van der Waals surface area contributed by atoms with Crippen molar-refractivity contribution in [3.05, 3.63) is 164 Å². The third kappa shape index (κ3) is 3.63. The van der Waals surface area contributed by atoms with E-state index in [0.717, 1.165) is 0 Å². The third-order valence-electron chi connectivity index (χ3n) is 13.1. The van der Waals surface area contributed by atoms with Crippen molar-refractivity contribution in [3.63, 3.8) is 0 Å². The Kier molecular flexibility index (Phi) is 5.68. The van der Waals surface area contributed by atoms with Crippen LogP contribution in [0.3, 0.4) is 0 Å². The van der Waals surface area contributed by atoms with E-state index >= 15 is 0 Å². The molecule has 0 saturated carbocycles. The molecule has 9 aromatic carbocycles. The molecule has 0 atom stereocenters. The van der Waals surface area contributed by atoms with Crippen LogP contribution in [0.2, 0.25) is 0 Å². The summed E-state index contributed by atoms with van der Waals surface area (Å²) in [7, 11) is 0. The molecule has 2 aliphatic rings. The fraction of sp³-hybridized carbons (Fsp3) is 0. The monoisotopic (exact) mass is 786 g/mol. The van der Waals surface area contributed by atoms with Crippen LogP contribution < -0.4 is 15.7 Å². The first-order valence-electron chi connectivity index (χ1n) is 19.9. The van der Waals surface area contributed by atoms with Crippen LogP contribution in [-0.2, 0) is 0 Å². The fourth-order valence-electron chi connectivity index (χ4n) is 10.9. The van der Waals surface area contributed by atoms with Gasteiger partial charge in [0.2, 0.25) is 0 Å². The molecule has 58 heavy (non-hydrogen) atoms. The Labute approximate surface area is 344 Å². The molecule has 266 valence electrons. The number of anilines is 2. The Morgan fingerprint density at radius 2 is 0.931 bits per heavy atom. The van der Waals surface area contributed by atoms with Crippen molar-refractivity contribution in [2.75, 3.05) is 4.81 Å². The lowest BCUT2D eigenvalue weighted by Gasteiger charge is -2.42. The second-order valence-corrected chi connectivity index (χ2v) is 19.0. The Bertz CT molecular complexity index is 4010. The van der Waals surface area contributed by atoms with Gasteiger partial charge >= 0.3 is 6.85 Å². The molecule has 6 heterocycles. The zero-order chi connectivity index (χ0) is 37.4. The summed E-state index contributed by atoms with van der Waals surface area (Å²) in [5.74, 6) is 0. The van der Waals surface area contributed by atoms with Crippen LogP contribution in [0, 0.1) is 0 Å². The molecule has 0 N–H and O–H groups in total. The van der Waals surface area contributed by atoms with Crippen LogP contribution >= 0.6 is 34.0 Å². The van der Waals surface area contributed by atoms with E-state index in [-0.39, 0.29) is 6.85 Å². The van der Waals surface area contributed by atoms with Gasteiger partial charge in [0.05, 0.1) is 15.7 Å². The normalized spacial score (nSPS) is 13.4. The molecule has 2 aliphatic heterocycles. The lowest BCUT2D eigenvalue weighted by atomic mass is 9.44. The van der Waals surface area contributed by atoms with Gasteiger partial charge in [0.25, 0.3) is 0 Å². The molecule has 4 aromatic heterocycles. The van der Waals surface area contributed by atoms with E-state index in [9.17, 15) is 0 Å². The van der Waals surface area contributed by atoms with Crippen molar-refractivity contribution in [1.82, 2.24) is 4.57 Å². The molecule has 0 radical (unpaired) electrons. The molecule has 0 fully saturated rings. The molecule has 0 aliphatic carbocycles. The number of aromatic nitrogens is 1. The van der Waals surface area contributed by atoms with Gasteiger partial charge in [0.1, 0.15) is 0 Å². The van der Waals surface area contributed by atoms with Gasteiger partial charge in [-0.2, -0.15) is 0 Å². The van der Waals surface area contributed by atoms with Crippen LogP contribution in [0.4, 0.5) is 11.4 Å². The van der Waals surface area contributed by atoms with E-state index in [1.165, 1.54) is 132 Å². The number of hydrogen-bond acceptors (Lipinski definition) is 4. The number of hydrogen-bond donors (Lipinski definition) is 0. The lowest BCUT2D eigenvalue weighted by molar-refractivity contribution is 1.19. The highest BCUT2D eigenvalue weighted by Gasteiger charge is 2.46. The van der Waals surface area contributed by atoms with Crippen molar-refractivity contribution < 1.29 is 0 Å². The van der Waals surface area contributed by atoms with Gasteiger partial charge in [-0.05, 0) is 52.7 Å². The summed E-state index contributed by atoms with van der Waals surface area (Å²) in [6.45, 7) is -0.0541. The second-order valence-electron chi connectivity index (χ2n) is 15.9. The second kappa shape index (κ2) is 10.7. The number of rotatable bonds is 1. The van der Waals surface area contributed by atoms with Crippen LogP contribution in [0.25, 0.3) is 110 Å². The zero-order valence-electron chi connectivity index (χ0n) is 30.8. The lowest BCUT2D eigenvalue weighted by Crippen LogP contribution is -2.60. The van der Waals surface area contributed by atoms with Gasteiger partial charge in [0.15, 0.2) is 0 Å². The van der Waals surface area contributed by atoms with Gasteiger partial charge < -0.3 is 9.38 Å². The summed E-state index contributed by atoms with van der Waals surface area (Å²) in [5.41, 5.74) is 12.0. The van der Waals surface area contributed by atoms with Crippen molar-refractivity contribution in [2.24, 2.45) is 0 Å². The van der Waals surface area contributed by atoms with Crippen molar-refractivity contribution in [2.45, 2.75) is 0 Å². The Balaban J connectivity index is 1.21. The maximum Gasteiger partial charge on any atom is 0.333 e. The Morgan fingerprint density at radius 1 is 0.362 bits per heavy atom. The molecule has 13 aromatic rings. The summed E-state index contributed by atoms with van der Waals surface area (Å²) in [5, 5.41) is 13.2. The molecule has 0 saturated heterocycles. The molecular weight excluding hydrogens is 760 g/mol. The van der Waals surface area contributed by atoms with Gasteiger partial charge in [-0.3, -0.25) is 0 Å². The summed E-state index contributed by atoms with van der Waals surface area (Å²) < 4.78 is 10.7. The van der Waals surface area contributed by atoms with E-state index in [4.69, 9.17) is 0 Å². The number of nitrogens with zero attached hydrogens (tertiary/aromatic N) is 2. The van der Waals surface area contributed by atoms with E-state index in [1.54, 1.807) is 0 Å². The first-order chi connectivity index (χ1) is 28.8. The van der Waals surface area contributed by atoms with Crippen LogP contribution in [0.1, 0.15) is 0 Å². The third-order valence-corrected chi connectivity index (χ3v) is 16.8. The quantitative estimate of drug-likeness (QED) is 0.151. The van der Waals surface area contributed by atoms with Gasteiger partial charge in [-0.25, -0.2) is 0 Å². The highest BCUT2D eigenvalue weighted by Crippen LogP contribution is 2.55. The van der Waals surface area contributed by atoms with Crippen LogP contribution in [-0.4, -0.2) is 11.4 Å². The molecule has 0 spiro atoms. The highest BCUT2D eigenvalue weighted by atomic mass is 32.1. The SMILES string of the molecule is c1ccc2c(c1)ccc1c3cccc4c3n(c21)-c1cc2c(sc3ccccc32)c2c1B4N(c1cccc3c1sc1ccccc13)c1ccc3c(sc4ccccc43)c1-2. The standard InChI is InChI=1S/C52H27BN2S3/c1-2-12-29-28(11-1)23-24-34-33-16-9-18-38-49(33)54(48(29)34)41-27-37-32-15-5-8-22-44(32)58-52(37)46-45-39(26-25-36-31-14-4-7-21-43(31)57-51(36)45)55(53(38)47(41)46)40-19-10-17-35-30-13-3-6-20-42(30)56-50(35)40/h1-27H. The van der Waals surface area contributed by atoms with Crippen molar-refractivity contribution >= 4 is 156 Å². The summed E-state index contributed by atoms with van der Waals surface area (Å²) in [4.78, 5) is 2.75. The summed E-state index contributed by atoms with van der Waals surface area (Å²) >= 11 is 5.84. The minimum atomic E-state index is -0.0541. The maximum atomic E-state index is 2.75. The summed E-state index contributed by atoms with van der Waals surface area (Å²) in [6, 6.07) is 62.1. The molecular formula is C52H27BN2S3. The van der Waals surface area contributed by atoms with Gasteiger partial charge in [-0.15, -0.1) is 34.0 Å². The first kappa shape index (κ1) is 30.7. The largest absolute Gasteiger partial charge is 0.375 e. The Morgan fingerprint density at radius 3 is 1.71 bits per heavy atom. The van der Waals surface area contributed by atoms with Crippen molar-refractivity contribution in [1.29, 1.82) is 0 Å². The number of fused-ring (bicyclic) bond motifs is 20. The van der Waals surface area contributed by atoms with E-state index in [0.29, 0.717) is 0 Å². The average Bonchev–Trinajstić information content (AvgIpc) is 4.04. The highest BCUT2D eigenvalue weighted by molar-refractivity contribution is 7.28. The first-order valence-corrected chi connectivity index (χ1v) is 22.3. The fourth-order valence-corrected chi connectivity index (χ4v) is 14.6. The van der Waals surface area contributed by atoms with Crippen LogP contribution in [0.15, 0.2) is 164 Å². The van der Waals surface area contributed by atoms with E-state index < -0.39 is 0 Å². The zero-order valence-corrected chi connectivity index (χ0v) is 33.2. The van der Waals surface area contributed by atoms with Crippen molar-refractivity contribution in [3.8, 4) is 16.8 Å². The molecule has 0 amide bonds. The van der Waals surface area contributed by atoms with Gasteiger partial charge in [-0.1, -0.05) is 127 Å². The predicted octanol–water partition coefficient (Wildman–Crippen LogP) is 14.3. The molecule has 15 rings (SSSR count). The predicted molar refractivity (Wildman–Crippen MR) is 256 cm³/mol. The van der Waals surface area contributed by atoms with Gasteiger partial charge in [0, 0.05) is 100 Å². The smallest absolute Gasteiger partial charge is 0.333 e. The average molecular weight is 787 g/mol. The minimum Gasteiger partial charge on any atom is -0.375 e. The Hall–Kier alpha value is -6.44. The molecule has 2 nitrogen and oxygen atoms in total. The van der Waals surface area contributed by atoms with E-state index in [1.807, 2.05) is 34.0 Å². The molecule has 6 heteroatoms. The summed E-state index contributed by atoms with van der Waals surface area (Å²) in [6.07, 6.45) is 0. The topological polar surface area (TPSA) is 8.17 Å². The van der Waals surface area contributed by atoms with Crippen LogP contribution in [0.5, 0.6) is 0 Å². The minimum absolute atomic E-state index is 0.0541. The molecule has 0 unspecified atom stereocenters.